The number of anilines is 1. The summed E-state index contributed by atoms with van der Waals surface area (Å²) in [6.07, 6.45) is 6.58. The molecular weight excluding hydrogens is 416 g/mol. The molecule has 2 aromatic heterocycles. The minimum Gasteiger partial charge on any atom is -0.497 e. The molecule has 1 aliphatic rings. The third-order valence-corrected chi connectivity index (χ3v) is 7.09. The van der Waals surface area contributed by atoms with Gasteiger partial charge >= 0.3 is 0 Å². The van der Waals surface area contributed by atoms with E-state index in [2.05, 4.69) is 32.0 Å². The summed E-state index contributed by atoms with van der Waals surface area (Å²) in [5.74, 6) is 1.78. The van der Waals surface area contributed by atoms with Crippen LogP contribution >= 0.6 is 23.1 Å². The fourth-order valence-electron chi connectivity index (χ4n) is 3.57. The van der Waals surface area contributed by atoms with Crippen molar-refractivity contribution in [3.8, 4) is 17.1 Å². The van der Waals surface area contributed by atoms with Gasteiger partial charge in [-0.3, -0.25) is 9.36 Å². The van der Waals surface area contributed by atoms with Crippen molar-refractivity contribution < 1.29 is 9.53 Å². The van der Waals surface area contributed by atoms with Crippen LogP contribution in [0.15, 0.2) is 47.5 Å². The van der Waals surface area contributed by atoms with E-state index in [4.69, 9.17) is 4.74 Å². The van der Waals surface area contributed by atoms with E-state index in [1.807, 2.05) is 41.7 Å². The summed E-state index contributed by atoms with van der Waals surface area (Å²) >= 11 is 3.20. The summed E-state index contributed by atoms with van der Waals surface area (Å²) in [6.45, 7) is 4.49. The molecule has 30 heavy (non-hydrogen) atoms. The number of ether oxygens (including phenoxy) is 1. The fourth-order valence-corrected chi connectivity index (χ4v) is 5.44. The number of aryl methyl sites for hydroxylation is 1. The second-order valence-corrected chi connectivity index (χ2v) is 8.94. The molecule has 0 atom stereocenters. The van der Waals surface area contributed by atoms with Crippen molar-refractivity contribution in [1.82, 2.24) is 14.8 Å². The van der Waals surface area contributed by atoms with Crippen molar-refractivity contribution in [3.05, 3.63) is 52.7 Å². The molecule has 0 radical (unpaired) electrons. The Hall–Kier alpha value is -2.58. The Morgan fingerprint density at radius 2 is 2.10 bits per heavy atom. The Kier molecular flexibility index (Phi) is 6.54. The van der Waals surface area contributed by atoms with Crippen LogP contribution in [0.3, 0.4) is 0 Å². The molecule has 8 heteroatoms. The Balaban J connectivity index is 1.47. The number of aromatic nitrogens is 3. The molecule has 6 nitrogen and oxygen atoms in total. The molecule has 0 spiro atoms. The molecule has 1 amide bonds. The summed E-state index contributed by atoms with van der Waals surface area (Å²) < 4.78 is 7.19. The number of thiophene rings is 1. The van der Waals surface area contributed by atoms with Crippen LogP contribution in [-0.2, 0) is 24.2 Å². The topological polar surface area (TPSA) is 69.0 Å². The number of amides is 1. The maximum Gasteiger partial charge on any atom is 0.234 e. The highest BCUT2D eigenvalue weighted by atomic mass is 32.2. The van der Waals surface area contributed by atoms with E-state index in [1.54, 1.807) is 7.11 Å². The highest BCUT2D eigenvalue weighted by Gasteiger charge is 2.22. The molecule has 0 saturated heterocycles. The number of nitrogens with zero attached hydrogens (tertiary/aromatic N) is 3. The van der Waals surface area contributed by atoms with Gasteiger partial charge in [-0.15, -0.1) is 28.1 Å². The van der Waals surface area contributed by atoms with E-state index in [9.17, 15) is 4.79 Å². The van der Waals surface area contributed by atoms with Crippen LogP contribution < -0.4 is 10.1 Å². The van der Waals surface area contributed by atoms with Crippen LogP contribution in [0.4, 0.5) is 5.69 Å². The average Bonchev–Trinajstić information content (AvgIpc) is 3.37. The third-order valence-electron chi connectivity index (χ3n) is 5.04. The zero-order valence-electron chi connectivity index (χ0n) is 16.9. The van der Waals surface area contributed by atoms with Crippen molar-refractivity contribution in [2.24, 2.45) is 0 Å². The van der Waals surface area contributed by atoms with Gasteiger partial charge in [0, 0.05) is 28.1 Å². The number of hydrogen-bond donors (Lipinski definition) is 1. The van der Waals surface area contributed by atoms with Gasteiger partial charge in [0.15, 0.2) is 11.0 Å². The molecule has 1 aliphatic carbocycles. The number of nitrogens with one attached hydrogen (secondary N) is 1. The van der Waals surface area contributed by atoms with Crippen LogP contribution in [0.2, 0.25) is 0 Å². The van der Waals surface area contributed by atoms with Gasteiger partial charge in [-0.1, -0.05) is 17.8 Å². The largest absolute Gasteiger partial charge is 0.497 e. The zero-order valence-corrected chi connectivity index (χ0v) is 18.5. The molecule has 1 N–H and O–H groups in total. The predicted molar refractivity (Wildman–Crippen MR) is 123 cm³/mol. The van der Waals surface area contributed by atoms with Crippen molar-refractivity contribution in [2.75, 3.05) is 18.2 Å². The lowest BCUT2D eigenvalue weighted by molar-refractivity contribution is -0.113. The number of allylic oxidation sites excluding steroid dienone is 1. The monoisotopic (exact) mass is 440 g/mol. The smallest absolute Gasteiger partial charge is 0.234 e. The van der Waals surface area contributed by atoms with Gasteiger partial charge in [-0.25, -0.2) is 0 Å². The summed E-state index contributed by atoms with van der Waals surface area (Å²) in [6, 6.07) is 7.27. The molecule has 3 aromatic rings. The molecule has 156 valence electrons. The van der Waals surface area contributed by atoms with E-state index in [1.165, 1.54) is 40.6 Å². The number of rotatable bonds is 8. The standard InChI is InChI=1S/C22H24N4O2S2/c1-3-12-26-21(18-13-29-19-7-5-4-6-17(18)19)24-25-22(26)30-14-20(27)23-15-8-10-16(28-2)11-9-15/h3,8-11,13H,1,4-7,12,14H2,2H3,(H,23,27). The minimum absolute atomic E-state index is 0.0900. The lowest BCUT2D eigenvalue weighted by Crippen LogP contribution is -2.14. The third kappa shape index (κ3) is 4.44. The second-order valence-electron chi connectivity index (χ2n) is 7.03. The van der Waals surface area contributed by atoms with Crippen LogP contribution in [0.5, 0.6) is 5.75 Å². The quantitative estimate of drug-likeness (QED) is 0.402. The van der Waals surface area contributed by atoms with Crippen molar-refractivity contribution >= 4 is 34.7 Å². The Morgan fingerprint density at radius 1 is 1.30 bits per heavy atom. The average molecular weight is 441 g/mol. The lowest BCUT2D eigenvalue weighted by atomic mass is 9.95. The predicted octanol–water partition coefficient (Wildman–Crippen LogP) is 4.81. The number of hydrogen-bond acceptors (Lipinski definition) is 6. The van der Waals surface area contributed by atoms with Crippen LogP contribution in [-0.4, -0.2) is 33.5 Å². The molecular formula is C22H24N4O2S2. The van der Waals surface area contributed by atoms with E-state index < -0.39 is 0 Å². The SMILES string of the molecule is C=CCn1c(SCC(=O)Nc2ccc(OC)cc2)nnc1-c1csc2c1CCCC2. The molecule has 4 rings (SSSR count). The van der Waals surface area contributed by atoms with Gasteiger partial charge in [0.25, 0.3) is 0 Å². The first kappa shape index (κ1) is 20.7. The Bertz CT molecular complexity index is 1040. The molecule has 0 unspecified atom stereocenters. The Labute approximate surface area is 184 Å². The molecule has 1 aromatic carbocycles. The van der Waals surface area contributed by atoms with Gasteiger partial charge < -0.3 is 10.1 Å². The summed E-state index contributed by atoms with van der Waals surface area (Å²) in [4.78, 5) is 13.9. The van der Waals surface area contributed by atoms with Gasteiger partial charge in [0.2, 0.25) is 5.91 Å². The maximum absolute atomic E-state index is 12.4. The highest BCUT2D eigenvalue weighted by molar-refractivity contribution is 7.99. The summed E-state index contributed by atoms with van der Waals surface area (Å²) in [5.41, 5.74) is 3.33. The van der Waals surface area contributed by atoms with Gasteiger partial charge in [0.1, 0.15) is 5.75 Å². The van der Waals surface area contributed by atoms with Crippen LogP contribution in [0.1, 0.15) is 23.3 Å². The first-order chi connectivity index (χ1) is 14.7. The van der Waals surface area contributed by atoms with Gasteiger partial charge in [-0.2, -0.15) is 0 Å². The minimum atomic E-state index is -0.0900. The highest BCUT2D eigenvalue weighted by Crippen LogP contribution is 2.36. The first-order valence-corrected chi connectivity index (χ1v) is 11.8. The van der Waals surface area contributed by atoms with Gasteiger partial charge in [0.05, 0.1) is 12.9 Å². The molecule has 0 bridgehead atoms. The number of thioether (sulfide) groups is 1. The van der Waals surface area contributed by atoms with Crippen molar-refractivity contribution in [2.45, 2.75) is 37.4 Å². The molecule has 0 fully saturated rings. The number of fused-ring (bicyclic) bond motifs is 1. The van der Waals surface area contributed by atoms with Crippen LogP contribution in [0.25, 0.3) is 11.4 Å². The second kappa shape index (κ2) is 9.49. The number of methoxy groups -OCH3 is 1. The lowest BCUT2D eigenvalue weighted by Gasteiger charge is -2.13. The van der Waals surface area contributed by atoms with Crippen LogP contribution in [0, 0.1) is 0 Å². The van der Waals surface area contributed by atoms with Gasteiger partial charge in [-0.05, 0) is 55.5 Å². The van der Waals surface area contributed by atoms with E-state index in [0.29, 0.717) is 6.54 Å². The summed E-state index contributed by atoms with van der Waals surface area (Å²) in [7, 11) is 1.61. The fraction of sp³-hybridized carbons (Fsp3) is 0.318. The Morgan fingerprint density at radius 3 is 2.87 bits per heavy atom. The molecule has 0 aliphatic heterocycles. The van der Waals surface area contributed by atoms with E-state index in [-0.39, 0.29) is 11.7 Å². The number of carbonyl (C=O) groups excluding carboxylic acids is 1. The first-order valence-electron chi connectivity index (χ1n) is 9.90. The van der Waals surface area contributed by atoms with Crippen molar-refractivity contribution in [1.29, 1.82) is 0 Å². The van der Waals surface area contributed by atoms with E-state index >= 15 is 0 Å². The van der Waals surface area contributed by atoms with E-state index in [0.717, 1.165) is 35.3 Å². The van der Waals surface area contributed by atoms with Crippen molar-refractivity contribution in [3.63, 3.8) is 0 Å². The summed E-state index contributed by atoms with van der Waals surface area (Å²) in [5, 5.41) is 14.7. The number of benzene rings is 1. The number of carbonyl (C=O) groups is 1. The molecule has 0 saturated carbocycles. The normalized spacial score (nSPS) is 13.0. The molecule has 2 heterocycles. The zero-order chi connectivity index (χ0) is 20.9. The maximum atomic E-state index is 12.4.